The molecule has 0 saturated carbocycles. The first-order valence-corrected chi connectivity index (χ1v) is 10.7. The van der Waals surface area contributed by atoms with E-state index in [9.17, 15) is 19.2 Å². The predicted molar refractivity (Wildman–Crippen MR) is 126 cm³/mol. The molecule has 0 fully saturated rings. The Morgan fingerprint density at radius 1 is 1.06 bits per heavy atom. The van der Waals surface area contributed by atoms with Crippen molar-refractivity contribution in [1.82, 2.24) is 14.8 Å². The van der Waals surface area contributed by atoms with Crippen LogP contribution in [-0.2, 0) is 4.79 Å². The van der Waals surface area contributed by atoms with Gasteiger partial charge in [-0.2, -0.15) is 15.0 Å². The van der Waals surface area contributed by atoms with Crippen LogP contribution in [0.4, 0.5) is 10.2 Å². The molecule has 4 rings (SSSR count). The highest BCUT2D eigenvalue weighted by Crippen LogP contribution is 2.26. The number of hydrogen-bond donors (Lipinski definition) is 1. The molecule has 1 amide bonds. The van der Waals surface area contributed by atoms with Crippen molar-refractivity contribution in [3.8, 4) is 11.9 Å². The van der Waals surface area contributed by atoms with Crippen molar-refractivity contribution < 1.29 is 14.0 Å². The third kappa shape index (κ3) is 4.55. The average molecular weight is 455 g/mol. The maximum Gasteiger partial charge on any atom is 0.226 e. The molecule has 2 heterocycles. The number of carbonyl (C=O) groups excluding carboxylic acids is 2. The van der Waals surface area contributed by atoms with Gasteiger partial charge in [-0.05, 0) is 68.3 Å². The third-order valence-corrected chi connectivity index (χ3v) is 5.55. The first kappa shape index (κ1) is 22.8. The van der Waals surface area contributed by atoms with Gasteiger partial charge in [-0.25, -0.2) is 9.37 Å². The Hall–Kier alpha value is -4.38. The second-order valence-electron chi connectivity index (χ2n) is 8.18. The molecule has 2 aromatic carbocycles. The molecular formula is C26H22FN5O2. The quantitative estimate of drug-likeness (QED) is 0.414. The van der Waals surface area contributed by atoms with E-state index >= 15 is 0 Å². The van der Waals surface area contributed by atoms with E-state index in [4.69, 9.17) is 4.98 Å². The molecule has 1 N–H and O–H groups in total. The monoisotopic (exact) mass is 455 g/mol. The number of anilines is 1. The van der Waals surface area contributed by atoms with Gasteiger partial charge in [-0.3, -0.25) is 9.59 Å². The zero-order valence-corrected chi connectivity index (χ0v) is 19.0. The fourth-order valence-corrected chi connectivity index (χ4v) is 3.86. The fraction of sp³-hybridized carbons (Fsp3) is 0.192. The van der Waals surface area contributed by atoms with Crippen LogP contribution in [0.2, 0.25) is 0 Å². The lowest BCUT2D eigenvalue weighted by molar-refractivity contribution is -0.116. The van der Waals surface area contributed by atoms with E-state index < -0.39 is 11.7 Å². The molecule has 0 bridgehead atoms. The van der Waals surface area contributed by atoms with E-state index in [0.29, 0.717) is 11.4 Å². The molecule has 0 aliphatic rings. The number of Topliss-reactive ketones (excluding diaryl/α,β-unsaturated/α-hetero) is 1. The zero-order valence-electron chi connectivity index (χ0n) is 19.0. The molecule has 170 valence electrons. The summed E-state index contributed by atoms with van der Waals surface area (Å²) < 4.78 is 14.5. The Balaban J connectivity index is 1.59. The summed E-state index contributed by atoms with van der Waals surface area (Å²) in [6.07, 6.45) is 1.21. The third-order valence-electron chi connectivity index (χ3n) is 5.55. The van der Waals surface area contributed by atoms with Crippen LogP contribution in [0.1, 0.15) is 45.5 Å². The highest BCUT2D eigenvalue weighted by molar-refractivity contribution is 6.00. The Kier molecular flexibility index (Phi) is 6.19. The number of carbonyl (C=O) groups is 2. The zero-order chi connectivity index (χ0) is 24.4. The Morgan fingerprint density at radius 3 is 2.50 bits per heavy atom. The number of ketones is 1. The van der Waals surface area contributed by atoms with Crippen LogP contribution in [0.25, 0.3) is 16.7 Å². The van der Waals surface area contributed by atoms with Crippen LogP contribution in [0, 0.1) is 37.9 Å². The number of aromatic nitrogens is 3. The van der Waals surface area contributed by atoms with Gasteiger partial charge in [0.2, 0.25) is 5.91 Å². The number of aryl methyl sites for hydroxylation is 3. The second-order valence-corrected chi connectivity index (χ2v) is 8.18. The summed E-state index contributed by atoms with van der Waals surface area (Å²) in [7, 11) is 0. The molecular weight excluding hydrogens is 433 g/mol. The van der Waals surface area contributed by atoms with Crippen molar-refractivity contribution in [1.29, 1.82) is 5.26 Å². The van der Waals surface area contributed by atoms with E-state index in [-0.39, 0.29) is 30.0 Å². The van der Waals surface area contributed by atoms with Gasteiger partial charge in [-0.15, -0.1) is 0 Å². The maximum absolute atomic E-state index is 13.1. The molecule has 0 unspecified atom stereocenters. The number of fused-ring (bicyclic) bond motifs is 1. The lowest BCUT2D eigenvalue weighted by atomic mass is 10.0. The van der Waals surface area contributed by atoms with Crippen LogP contribution in [-0.4, -0.2) is 26.5 Å². The van der Waals surface area contributed by atoms with Crippen molar-refractivity contribution in [2.75, 3.05) is 5.32 Å². The van der Waals surface area contributed by atoms with Gasteiger partial charge in [0, 0.05) is 23.8 Å². The van der Waals surface area contributed by atoms with Gasteiger partial charge in [0.25, 0.3) is 0 Å². The molecule has 34 heavy (non-hydrogen) atoms. The average Bonchev–Trinajstić information content (AvgIpc) is 3.21. The lowest BCUT2D eigenvalue weighted by Crippen LogP contribution is -2.17. The molecule has 7 nitrogen and oxygen atoms in total. The largest absolute Gasteiger partial charge is 0.309 e. The summed E-state index contributed by atoms with van der Waals surface area (Å²) in [6, 6.07) is 13.2. The van der Waals surface area contributed by atoms with Crippen molar-refractivity contribution in [3.05, 3.63) is 82.3 Å². The van der Waals surface area contributed by atoms with Gasteiger partial charge >= 0.3 is 0 Å². The number of nitriles is 1. The van der Waals surface area contributed by atoms with Gasteiger partial charge in [-0.1, -0.05) is 11.6 Å². The van der Waals surface area contributed by atoms with Crippen LogP contribution in [0.5, 0.6) is 0 Å². The van der Waals surface area contributed by atoms with E-state index in [1.807, 2.05) is 39.0 Å². The molecule has 0 atom stereocenters. The number of nitrogens with zero attached hydrogens (tertiary/aromatic N) is 4. The van der Waals surface area contributed by atoms with Crippen molar-refractivity contribution in [3.63, 3.8) is 0 Å². The maximum atomic E-state index is 13.1. The molecule has 0 aliphatic carbocycles. The predicted octanol–water partition coefficient (Wildman–Crippen LogP) is 4.96. The van der Waals surface area contributed by atoms with E-state index in [0.717, 1.165) is 27.6 Å². The highest BCUT2D eigenvalue weighted by Gasteiger charge is 2.18. The van der Waals surface area contributed by atoms with E-state index in [1.165, 1.54) is 35.1 Å². The summed E-state index contributed by atoms with van der Waals surface area (Å²) >= 11 is 0. The minimum absolute atomic E-state index is 0.0562. The first-order valence-electron chi connectivity index (χ1n) is 10.7. The van der Waals surface area contributed by atoms with Gasteiger partial charge in [0.1, 0.15) is 17.4 Å². The minimum atomic E-state index is -0.446. The topological polar surface area (TPSA) is 101 Å². The Labute approximate surface area is 195 Å². The minimum Gasteiger partial charge on any atom is -0.309 e. The van der Waals surface area contributed by atoms with E-state index in [1.54, 1.807) is 0 Å². The van der Waals surface area contributed by atoms with E-state index in [2.05, 4.69) is 16.5 Å². The SMILES string of the molecule is Cc1cc(C)c2nc(-n3ncc(C#N)c3NC(=O)CCC(=O)c3ccc(F)cc3)cc(C)c2c1. The number of pyridine rings is 1. The molecule has 0 spiro atoms. The molecule has 0 aliphatic heterocycles. The van der Waals surface area contributed by atoms with Gasteiger partial charge < -0.3 is 5.32 Å². The standard InChI is InChI=1S/C26H22FN5O2/c1-15-10-17(3)25-21(11-15)16(2)12-23(30-25)32-26(19(13-28)14-29-32)31-24(34)9-8-22(33)18-4-6-20(27)7-5-18/h4-7,10-12,14H,8-9H2,1-3H3,(H,31,34). The van der Waals surface area contributed by atoms with Crippen LogP contribution in [0.3, 0.4) is 0 Å². The Bertz CT molecular complexity index is 1470. The normalized spacial score (nSPS) is 10.8. The summed E-state index contributed by atoms with van der Waals surface area (Å²) in [5.74, 6) is -0.497. The van der Waals surface area contributed by atoms with Crippen LogP contribution in [0.15, 0.2) is 48.7 Å². The molecule has 8 heteroatoms. The number of nitrogens with one attached hydrogen (secondary N) is 1. The molecule has 0 radical (unpaired) electrons. The number of rotatable bonds is 6. The molecule has 2 aromatic heterocycles. The van der Waals surface area contributed by atoms with Crippen LogP contribution < -0.4 is 5.32 Å². The van der Waals surface area contributed by atoms with Crippen LogP contribution >= 0.6 is 0 Å². The number of halogens is 1. The van der Waals surface area contributed by atoms with Crippen molar-refractivity contribution in [2.24, 2.45) is 0 Å². The fourth-order valence-electron chi connectivity index (χ4n) is 3.86. The number of amides is 1. The summed E-state index contributed by atoms with van der Waals surface area (Å²) in [4.78, 5) is 29.7. The molecule has 4 aromatic rings. The number of benzene rings is 2. The van der Waals surface area contributed by atoms with Crippen molar-refractivity contribution in [2.45, 2.75) is 33.6 Å². The summed E-state index contributed by atoms with van der Waals surface area (Å²) in [5.41, 5.74) is 4.46. The Morgan fingerprint density at radius 2 is 1.79 bits per heavy atom. The summed E-state index contributed by atoms with van der Waals surface area (Å²) in [6.45, 7) is 5.98. The first-order chi connectivity index (χ1) is 16.3. The van der Waals surface area contributed by atoms with Crippen molar-refractivity contribution >= 4 is 28.4 Å². The van der Waals surface area contributed by atoms with Gasteiger partial charge in [0.15, 0.2) is 17.4 Å². The highest BCUT2D eigenvalue weighted by atomic mass is 19.1. The number of hydrogen-bond acceptors (Lipinski definition) is 5. The smallest absolute Gasteiger partial charge is 0.226 e. The molecule has 0 saturated heterocycles. The lowest BCUT2D eigenvalue weighted by Gasteiger charge is -2.13. The van der Waals surface area contributed by atoms with Gasteiger partial charge in [0.05, 0.1) is 11.7 Å². The second kappa shape index (κ2) is 9.24. The summed E-state index contributed by atoms with van der Waals surface area (Å²) in [5, 5.41) is 17.5.